The lowest BCUT2D eigenvalue weighted by Gasteiger charge is -2.41. The molecule has 0 spiro atoms. The van der Waals surface area contributed by atoms with Crippen LogP contribution in [0.25, 0.3) is 10.9 Å². The summed E-state index contributed by atoms with van der Waals surface area (Å²) in [4.78, 5) is 13.6. The van der Waals surface area contributed by atoms with E-state index in [0.717, 1.165) is 42.3 Å². The number of H-pyrrole nitrogens is 1. The second-order valence-electron chi connectivity index (χ2n) is 9.37. The topological polar surface area (TPSA) is 129 Å². The van der Waals surface area contributed by atoms with E-state index in [2.05, 4.69) is 37.7 Å². The molecule has 0 amide bonds. The van der Waals surface area contributed by atoms with Crippen molar-refractivity contribution < 1.29 is 8.42 Å². The van der Waals surface area contributed by atoms with Crippen LogP contribution in [0.15, 0.2) is 59.9 Å². The van der Waals surface area contributed by atoms with Gasteiger partial charge in [-0.1, -0.05) is 13.3 Å². The quantitative estimate of drug-likeness (QED) is 0.291. The van der Waals surface area contributed by atoms with E-state index in [1.165, 1.54) is 6.20 Å². The Balaban J connectivity index is 1.36. The molecule has 5 heterocycles. The Morgan fingerprint density at radius 1 is 1.11 bits per heavy atom. The highest BCUT2D eigenvalue weighted by molar-refractivity contribution is 7.89. The SMILES string of the molecule is CC[C@@H]1CCC[C@H](CCNc2nc(Nc3cc(C)[nH]n3)cc3ncccc23)N1S(=O)(=O)c1cccnc1. The van der Waals surface area contributed by atoms with E-state index in [1.807, 2.05) is 31.2 Å². The molecule has 1 fully saturated rings. The maximum Gasteiger partial charge on any atom is 0.245 e. The van der Waals surface area contributed by atoms with Crippen LogP contribution in [0.3, 0.4) is 0 Å². The van der Waals surface area contributed by atoms with Crippen LogP contribution >= 0.6 is 0 Å². The molecule has 4 aromatic rings. The van der Waals surface area contributed by atoms with Gasteiger partial charge in [0.15, 0.2) is 5.82 Å². The van der Waals surface area contributed by atoms with Crippen molar-refractivity contribution in [1.82, 2.24) is 29.5 Å². The van der Waals surface area contributed by atoms with Gasteiger partial charge < -0.3 is 10.6 Å². The summed E-state index contributed by atoms with van der Waals surface area (Å²) in [5, 5.41) is 14.7. The molecule has 0 aliphatic carbocycles. The Morgan fingerprint density at radius 3 is 2.70 bits per heavy atom. The molecular formula is C26H32N8O2S. The Labute approximate surface area is 217 Å². The van der Waals surface area contributed by atoms with Crippen LogP contribution in [0.5, 0.6) is 0 Å². The number of nitrogens with zero attached hydrogens (tertiary/aromatic N) is 5. The van der Waals surface area contributed by atoms with E-state index in [4.69, 9.17) is 4.98 Å². The molecule has 3 N–H and O–H groups in total. The average molecular weight is 521 g/mol. The summed E-state index contributed by atoms with van der Waals surface area (Å²) in [5.74, 6) is 2.00. The van der Waals surface area contributed by atoms with Crippen molar-refractivity contribution in [3.05, 3.63) is 60.7 Å². The number of aromatic nitrogens is 5. The number of sulfonamides is 1. The molecule has 2 atom stereocenters. The lowest BCUT2D eigenvalue weighted by Crippen LogP contribution is -2.50. The van der Waals surface area contributed by atoms with Gasteiger partial charge >= 0.3 is 0 Å². The highest BCUT2D eigenvalue weighted by Gasteiger charge is 2.38. The minimum Gasteiger partial charge on any atom is -0.369 e. The number of aryl methyl sites for hydroxylation is 1. The normalized spacial score (nSPS) is 18.6. The lowest BCUT2D eigenvalue weighted by atomic mass is 9.95. The van der Waals surface area contributed by atoms with E-state index in [0.29, 0.717) is 30.4 Å². The molecule has 1 saturated heterocycles. The number of anilines is 3. The van der Waals surface area contributed by atoms with Crippen LogP contribution in [-0.4, -0.2) is 56.5 Å². The number of piperidine rings is 1. The largest absolute Gasteiger partial charge is 0.369 e. The number of hydrogen-bond donors (Lipinski definition) is 3. The van der Waals surface area contributed by atoms with Crippen LogP contribution in [0.4, 0.5) is 17.5 Å². The molecule has 0 aromatic carbocycles. The van der Waals surface area contributed by atoms with Crippen molar-refractivity contribution in [2.24, 2.45) is 0 Å². The zero-order valence-corrected chi connectivity index (χ0v) is 21.9. The summed E-state index contributed by atoms with van der Waals surface area (Å²) in [6.45, 7) is 4.56. The zero-order valence-electron chi connectivity index (χ0n) is 21.1. The molecule has 0 unspecified atom stereocenters. The fourth-order valence-electron chi connectivity index (χ4n) is 5.06. The van der Waals surface area contributed by atoms with Crippen molar-refractivity contribution >= 4 is 38.4 Å². The summed E-state index contributed by atoms with van der Waals surface area (Å²) >= 11 is 0. The van der Waals surface area contributed by atoms with Crippen molar-refractivity contribution in [2.75, 3.05) is 17.2 Å². The number of nitrogens with one attached hydrogen (secondary N) is 3. The first-order chi connectivity index (χ1) is 18.0. The molecule has 0 bridgehead atoms. The summed E-state index contributed by atoms with van der Waals surface area (Å²) < 4.78 is 29.0. The third-order valence-corrected chi connectivity index (χ3v) is 8.80. The molecule has 4 aromatic heterocycles. The molecule has 0 radical (unpaired) electrons. The first-order valence-corrected chi connectivity index (χ1v) is 14.1. The lowest BCUT2D eigenvalue weighted by molar-refractivity contribution is 0.170. The van der Waals surface area contributed by atoms with Crippen LogP contribution in [0.2, 0.25) is 0 Å². The maximum absolute atomic E-state index is 13.6. The maximum atomic E-state index is 13.6. The number of aromatic amines is 1. The smallest absolute Gasteiger partial charge is 0.245 e. The minimum atomic E-state index is -3.64. The van der Waals surface area contributed by atoms with Crippen LogP contribution in [0.1, 0.15) is 44.7 Å². The van der Waals surface area contributed by atoms with Crippen molar-refractivity contribution in [3.8, 4) is 0 Å². The van der Waals surface area contributed by atoms with Gasteiger partial charge in [0.05, 0.1) is 5.52 Å². The third kappa shape index (κ3) is 5.42. The van der Waals surface area contributed by atoms with Crippen molar-refractivity contribution in [2.45, 2.75) is 62.9 Å². The predicted molar refractivity (Wildman–Crippen MR) is 144 cm³/mol. The second-order valence-corrected chi connectivity index (χ2v) is 11.2. The number of hydrogen-bond acceptors (Lipinski definition) is 8. The van der Waals surface area contributed by atoms with E-state index >= 15 is 0 Å². The van der Waals surface area contributed by atoms with Gasteiger partial charge in [-0.05, 0) is 56.9 Å². The van der Waals surface area contributed by atoms with E-state index in [1.54, 1.807) is 28.8 Å². The first-order valence-electron chi connectivity index (χ1n) is 12.7. The molecule has 1 aliphatic heterocycles. The minimum absolute atomic E-state index is 0.0167. The van der Waals surface area contributed by atoms with Gasteiger partial charge in [-0.15, -0.1) is 0 Å². The molecule has 1 aliphatic rings. The Kier molecular flexibility index (Phi) is 7.33. The zero-order chi connectivity index (χ0) is 25.8. The van der Waals surface area contributed by atoms with Crippen LogP contribution in [-0.2, 0) is 10.0 Å². The van der Waals surface area contributed by atoms with E-state index in [-0.39, 0.29) is 17.0 Å². The monoisotopic (exact) mass is 520 g/mol. The molecule has 37 heavy (non-hydrogen) atoms. The average Bonchev–Trinajstić information content (AvgIpc) is 3.33. The molecule has 0 saturated carbocycles. The molecular weight excluding hydrogens is 488 g/mol. The standard InChI is InChI=1S/C26H32N8O2S/c1-3-19-7-4-8-20(34(19)37(35,36)21-9-5-12-27-17-21)11-14-29-26-22-10-6-13-28-23(22)16-24(31-26)30-25-15-18(2)32-33-25/h5-6,9-10,12-13,15-17,19-20H,3-4,7-8,11,14H2,1-2H3,(H3,29,30,31,32,33)/t19-,20-/m1/s1. The highest BCUT2D eigenvalue weighted by atomic mass is 32.2. The summed E-state index contributed by atoms with van der Waals surface area (Å²) in [6, 6.07) is 10.8. The molecule has 11 heteroatoms. The van der Waals surface area contributed by atoms with Gasteiger partial charge in [0.25, 0.3) is 0 Å². The summed E-state index contributed by atoms with van der Waals surface area (Å²) in [6.07, 6.45) is 8.94. The molecule has 5 rings (SSSR count). The van der Waals surface area contributed by atoms with E-state index < -0.39 is 10.0 Å². The Bertz CT molecular complexity index is 1460. The van der Waals surface area contributed by atoms with Gasteiger partial charge in [-0.3, -0.25) is 15.1 Å². The molecule has 10 nitrogen and oxygen atoms in total. The van der Waals surface area contributed by atoms with Gasteiger partial charge in [-0.2, -0.15) is 9.40 Å². The van der Waals surface area contributed by atoms with Gasteiger partial charge in [-0.25, -0.2) is 13.4 Å². The van der Waals surface area contributed by atoms with Gasteiger partial charge in [0.2, 0.25) is 10.0 Å². The second kappa shape index (κ2) is 10.8. The Morgan fingerprint density at radius 2 is 1.95 bits per heavy atom. The van der Waals surface area contributed by atoms with Gasteiger partial charge in [0, 0.05) is 60.4 Å². The van der Waals surface area contributed by atoms with Gasteiger partial charge in [0.1, 0.15) is 16.5 Å². The number of pyridine rings is 3. The van der Waals surface area contributed by atoms with Crippen LogP contribution < -0.4 is 10.6 Å². The number of rotatable bonds is 9. The first kappa shape index (κ1) is 25.1. The van der Waals surface area contributed by atoms with Crippen LogP contribution in [0, 0.1) is 6.92 Å². The Hall–Kier alpha value is -3.57. The summed E-state index contributed by atoms with van der Waals surface area (Å²) in [7, 11) is -3.64. The highest BCUT2D eigenvalue weighted by Crippen LogP contribution is 2.33. The van der Waals surface area contributed by atoms with Crippen molar-refractivity contribution in [3.63, 3.8) is 0 Å². The summed E-state index contributed by atoms with van der Waals surface area (Å²) in [5.41, 5.74) is 1.75. The van der Waals surface area contributed by atoms with E-state index in [9.17, 15) is 8.42 Å². The fraction of sp³-hybridized carbons (Fsp3) is 0.385. The predicted octanol–water partition coefficient (Wildman–Crippen LogP) is 4.62. The third-order valence-electron chi connectivity index (χ3n) is 6.81. The number of fused-ring (bicyclic) bond motifs is 1. The molecule has 194 valence electrons. The van der Waals surface area contributed by atoms with Crippen molar-refractivity contribution in [1.29, 1.82) is 0 Å². The fourth-order valence-corrected chi connectivity index (χ4v) is 6.99.